The lowest BCUT2D eigenvalue weighted by molar-refractivity contribution is 0.0688. The molecule has 8 nitrogen and oxygen atoms in total. The first kappa shape index (κ1) is 19.1. The van der Waals surface area contributed by atoms with Gasteiger partial charge in [-0.2, -0.15) is 0 Å². The van der Waals surface area contributed by atoms with Crippen molar-refractivity contribution in [3.05, 3.63) is 79.6 Å². The minimum atomic E-state index is -1.35. The van der Waals surface area contributed by atoms with Gasteiger partial charge in [-0.15, -0.1) is 0 Å². The van der Waals surface area contributed by atoms with E-state index in [9.17, 15) is 24.3 Å². The van der Waals surface area contributed by atoms with Crippen molar-refractivity contribution in [1.29, 1.82) is 0 Å². The Morgan fingerprint density at radius 2 is 1.71 bits per heavy atom. The van der Waals surface area contributed by atoms with Crippen LogP contribution in [0.15, 0.2) is 46.0 Å². The van der Waals surface area contributed by atoms with E-state index in [0.29, 0.717) is 18.5 Å². The van der Waals surface area contributed by atoms with Crippen molar-refractivity contribution in [2.45, 2.75) is 19.8 Å². The number of nitrogens with one attached hydrogen (secondary N) is 3. The number of benzene rings is 2. The molecule has 144 valence electrons. The van der Waals surface area contributed by atoms with Crippen LogP contribution in [0.25, 0.3) is 10.8 Å². The van der Waals surface area contributed by atoms with E-state index >= 15 is 0 Å². The van der Waals surface area contributed by atoms with E-state index in [-0.39, 0.29) is 23.6 Å². The molecule has 0 saturated carbocycles. The second-order valence-corrected chi connectivity index (χ2v) is 6.32. The zero-order valence-electron chi connectivity index (χ0n) is 15.2. The van der Waals surface area contributed by atoms with Crippen molar-refractivity contribution in [3.8, 4) is 0 Å². The van der Waals surface area contributed by atoms with Crippen LogP contribution < -0.4 is 16.6 Å². The summed E-state index contributed by atoms with van der Waals surface area (Å²) in [5.41, 5.74) is -0.429. The van der Waals surface area contributed by atoms with Crippen LogP contribution in [0.4, 0.5) is 0 Å². The molecule has 1 amide bonds. The number of carboxylic acid groups (broad SMARTS) is 1. The third-order valence-corrected chi connectivity index (χ3v) is 4.42. The van der Waals surface area contributed by atoms with Crippen molar-refractivity contribution in [2.24, 2.45) is 0 Å². The molecule has 2 aromatic carbocycles. The van der Waals surface area contributed by atoms with Crippen molar-refractivity contribution in [3.63, 3.8) is 0 Å². The molecular weight excluding hydrogens is 362 g/mol. The monoisotopic (exact) mass is 381 g/mol. The fourth-order valence-corrected chi connectivity index (χ4v) is 3.06. The zero-order valence-corrected chi connectivity index (χ0v) is 15.2. The third-order valence-electron chi connectivity index (χ3n) is 4.42. The zero-order chi connectivity index (χ0) is 20.3. The number of rotatable bonds is 6. The third kappa shape index (κ3) is 4.01. The lowest BCUT2D eigenvalue weighted by Gasteiger charge is -2.08. The fraction of sp³-hybridized carbons (Fsp3) is 0.200. The highest BCUT2D eigenvalue weighted by Gasteiger charge is 2.15. The molecule has 0 atom stereocenters. The number of aromatic nitrogens is 2. The highest BCUT2D eigenvalue weighted by atomic mass is 16.4. The van der Waals surface area contributed by atoms with Gasteiger partial charge in [-0.3, -0.25) is 14.6 Å². The summed E-state index contributed by atoms with van der Waals surface area (Å²) >= 11 is 0. The molecule has 1 heterocycles. The molecule has 1 aromatic heterocycles. The summed E-state index contributed by atoms with van der Waals surface area (Å²) in [6.45, 7) is 2.41. The van der Waals surface area contributed by atoms with E-state index in [1.165, 1.54) is 0 Å². The molecule has 0 fully saturated rings. The number of aryl methyl sites for hydroxylation is 1. The van der Waals surface area contributed by atoms with Gasteiger partial charge in [0.05, 0.1) is 0 Å². The van der Waals surface area contributed by atoms with E-state index in [0.717, 1.165) is 16.3 Å². The minimum absolute atomic E-state index is 0.0266. The van der Waals surface area contributed by atoms with Crippen LogP contribution >= 0.6 is 0 Å². The standard InChI is InChI=1S/C20H19N3O5/c1-2-21-17(24)14-7-6-12-9-11(3-5-13(12)10-14)4-8-15-16(19(26)27)22-20(28)23-18(15)25/h3,5-7,9-10H,2,4,8H2,1H3,(H,21,24)(H,26,27)(H2,22,23,25,28). The summed E-state index contributed by atoms with van der Waals surface area (Å²) < 4.78 is 0. The van der Waals surface area contributed by atoms with E-state index in [2.05, 4.69) is 15.3 Å². The normalized spacial score (nSPS) is 10.8. The van der Waals surface area contributed by atoms with E-state index in [4.69, 9.17) is 0 Å². The van der Waals surface area contributed by atoms with Crippen LogP contribution in [-0.2, 0) is 12.8 Å². The van der Waals surface area contributed by atoms with Crippen molar-refractivity contribution < 1.29 is 14.7 Å². The highest BCUT2D eigenvalue weighted by molar-refractivity contribution is 5.98. The van der Waals surface area contributed by atoms with Crippen molar-refractivity contribution in [1.82, 2.24) is 15.3 Å². The summed E-state index contributed by atoms with van der Waals surface area (Å²) in [5, 5.41) is 13.8. The maximum Gasteiger partial charge on any atom is 0.352 e. The number of H-pyrrole nitrogens is 2. The van der Waals surface area contributed by atoms with E-state index < -0.39 is 17.2 Å². The van der Waals surface area contributed by atoms with Crippen molar-refractivity contribution in [2.75, 3.05) is 6.54 Å². The molecule has 0 aliphatic rings. The molecule has 3 aromatic rings. The molecule has 0 aliphatic heterocycles. The van der Waals surface area contributed by atoms with Gasteiger partial charge in [0.2, 0.25) is 0 Å². The molecule has 0 bridgehead atoms. The first-order chi connectivity index (χ1) is 13.4. The quantitative estimate of drug-likeness (QED) is 0.513. The molecule has 8 heteroatoms. The number of aromatic carboxylic acids is 1. The number of aromatic amines is 2. The van der Waals surface area contributed by atoms with Crippen molar-refractivity contribution >= 4 is 22.6 Å². The summed E-state index contributed by atoms with van der Waals surface area (Å²) in [4.78, 5) is 50.7. The lowest BCUT2D eigenvalue weighted by atomic mass is 9.99. The van der Waals surface area contributed by atoms with Gasteiger partial charge >= 0.3 is 11.7 Å². The van der Waals surface area contributed by atoms with Crippen LogP contribution in [0.5, 0.6) is 0 Å². The average molecular weight is 381 g/mol. The predicted molar refractivity (Wildman–Crippen MR) is 104 cm³/mol. The highest BCUT2D eigenvalue weighted by Crippen LogP contribution is 2.19. The molecule has 0 aliphatic carbocycles. The number of amides is 1. The fourth-order valence-electron chi connectivity index (χ4n) is 3.06. The van der Waals surface area contributed by atoms with E-state index in [1.54, 1.807) is 12.1 Å². The van der Waals surface area contributed by atoms with Crippen LogP contribution in [0.2, 0.25) is 0 Å². The van der Waals surface area contributed by atoms with Crippen LogP contribution in [0.1, 0.15) is 38.9 Å². The summed E-state index contributed by atoms with van der Waals surface area (Å²) in [7, 11) is 0. The molecule has 3 rings (SSSR count). The Balaban J connectivity index is 1.85. The van der Waals surface area contributed by atoms with E-state index in [1.807, 2.05) is 31.2 Å². The van der Waals surface area contributed by atoms with Gasteiger partial charge in [-0.25, -0.2) is 9.59 Å². The smallest absolute Gasteiger partial charge is 0.352 e. The summed E-state index contributed by atoms with van der Waals surface area (Å²) in [6, 6.07) is 11.1. The van der Waals surface area contributed by atoms with Gasteiger partial charge in [-0.05, 0) is 48.2 Å². The maximum absolute atomic E-state index is 12.0. The largest absolute Gasteiger partial charge is 0.477 e. The Morgan fingerprint density at radius 1 is 1.00 bits per heavy atom. The predicted octanol–water partition coefficient (Wildman–Crippen LogP) is 1.45. The Kier molecular flexibility index (Phi) is 5.39. The number of hydrogen-bond donors (Lipinski definition) is 4. The molecule has 28 heavy (non-hydrogen) atoms. The first-order valence-corrected chi connectivity index (χ1v) is 8.78. The summed E-state index contributed by atoms with van der Waals surface area (Å²) in [5.74, 6) is -1.48. The molecule has 0 saturated heterocycles. The van der Waals surface area contributed by atoms with Crippen LogP contribution in [0, 0.1) is 0 Å². The van der Waals surface area contributed by atoms with Gasteiger partial charge in [0, 0.05) is 17.7 Å². The Labute approximate surface area is 159 Å². The number of carboxylic acids is 1. The molecule has 4 N–H and O–H groups in total. The maximum atomic E-state index is 12.0. The SMILES string of the molecule is CCNC(=O)c1ccc2cc(CCc3c(C(=O)O)[nH]c(=O)[nH]c3=O)ccc2c1. The number of hydrogen-bond acceptors (Lipinski definition) is 4. The topological polar surface area (TPSA) is 132 Å². The Bertz CT molecular complexity index is 1180. The van der Waals surface area contributed by atoms with Gasteiger partial charge in [0.25, 0.3) is 11.5 Å². The summed E-state index contributed by atoms with van der Waals surface area (Å²) in [6.07, 6.45) is 0.583. The van der Waals surface area contributed by atoms with Crippen LogP contribution in [0.3, 0.4) is 0 Å². The molecule has 0 unspecified atom stereocenters. The van der Waals surface area contributed by atoms with Crippen LogP contribution in [-0.4, -0.2) is 33.5 Å². The first-order valence-electron chi connectivity index (χ1n) is 8.78. The van der Waals surface area contributed by atoms with Gasteiger partial charge in [0.1, 0.15) is 5.69 Å². The van der Waals surface area contributed by atoms with Gasteiger partial charge < -0.3 is 15.4 Å². The molecule has 0 spiro atoms. The number of carbonyl (C=O) groups is 2. The Hall–Kier alpha value is -3.68. The van der Waals surface area contributed by atoms with Gasteiger partial charge in [0.15, 0.2) is 0 Å². The second kappa shape index (κ2) is 7.91. The minimum Gasteiger partial charge on any atom is -0.477 e. The average Bonchev–Trinajstić information content (AvgIpc) is 2.66. The molecular formula is C20H19N3O5. The van der Waals surface area contributed by atoms with Gasteiger partial charge in [-0.1, -0.05) is 24.3 Å². The lowest BCUT2D eigenvalue weighted by Crippen LogP contribution is -2.30. The molecule has 0 radical (unpaired) electrons. The number of fused-ring (bicyclic) bond motifs is 1. The Morgan fingerprint density at radius 3 is 2.43 bits per heavy atom. The second-order valence-electron chi connectivity index (χ2n) is 6.32. The number of carbonyl (C=O) groups excluding carboxylic acids is 1.